The van der Waals surface area contributed by atoms with Crippen LogP contribution in [0.2, 0.25) is 0 Å². The predicted octanol–water partition coefficient (Wildman–Crippen LogP) is 9.79. The number of rotatable bonds is 22. The van der Waals surface area contributed by atoms with Crippen molar-refractivity contribution >= 4 is 10.1 Å². The first-order valence-electron chi connectivity index (χ1n) is 14.5. The first-order chi connectivity index (χ1) is 16.8. The highest BCUT2D eigenvalue weighted by molar-refractivity contribution is 7.85. The number of benzene rings is 1. The average molecular weight is 511 g/mol. The number of hydrogen-bond donors (Lipinski definition) is 1. The Kier molecular flexibility index (Phi) is 17.4. The van der Waals surface area contributed by atoms with Crippen LogP contribution >= 0.6 is 0 Å². The van der Waals surface area contributed by atoms with Crippen LogP contribution in [0, 0.1) is 6.92 Å². The Hall–Kier alpha value is -1.07. The molecule has 0 saturated heterocycles. The molecule has 0 aliphatic rings. The zero-order valence-electron chi connectivity index (χ0n) is 23.2. The van der Waals surface area contributed by atoms with Crippen molar-refractivity contribution in [3.05, 3.63) is 23.3 Å². The van der Waals surface area contributed by atoms with Crippen molar-refractivity contribution in [3.63, 3.8) is 0 Å². The summed E-state index contributed by atoms with van der Waals surface area (Å²) in [7, 11) is -4.22. The molecule has 1 aromatic rings. The van der Waals surface area contributed by atoms with E-state index < -0.39 is 10.1 Å². The van der Waals surface area contributed by atoms with Gasteiger partial charge in [-0.15, -0.1) is 0 Å². The molecule has 35 heavy (non-hydrogen) atoms. The van der Waals surface area contributed by atoms with E-state index in [9.17, 15) is 13.0 Å². The van der Waals surface area contributed by atoms with Crippen LogP contribution in [0.3, 0.4) is 0 Å². The van der Waals surface area contributed by atoms with E-state index >= 15 is 0 Å². The van der Waals surface area contributed by atoms with Gasteiger partial charge in [-0.3, -0.25) is 4.55 Å². The van der Waals surface area contributed by atoms with Crippen molar-refractivity contribution in [1.29, 1.82) is 0 Å². The minimum atomic E-state index is -4.22. The SMILES string of the molecule is CCCCCCCCCCCCCCCCCCCCOc1cc(C)c(S(=O)(=O)O)cc1C(C)C. The van der Waals surface area contributed by atoms with E-state index in [0.717, 1.165) is 24.2 Å². The van der Waals surface area contributed by atoms with Crippen LogP contribution in [0.1, 0.15) is 153 Å². The van der Waals surface area contributed by atoms with E-state index in [2.05, 4.69) is 6.92 Å². The molecule has 0 radical (unpaired) electrons. The van der Waals surface area contributed by atoms with Gasteiger partial charge in [-0.2, -0.15) is 8.42 Å². The Morgan fingerprint density at radius 2 is 1.11 bits per heavy atom. The van der Waals surface area contributed by atoms with Crippen LogP contribution in [0.4, 0.5) is 0 Å². The molecule has 0 bridgehead atoms. The lowest BCUT2D eigenvalue weighted by molar-refractivity contribution is 0.300. The van der Waals surface area contributed by atoms with Gasteiger partial charge in [0.1, 0.15) is 5.75 Å². The summed E-state index contributed by atoms with van der Waals surface area (Å²) in [5, 5.41) is 0. The molecule has 0 spiro atoms. The lowest BCUT2D eigenvalue weighted by Crippen LogP contribution is -2.07. The molecule has 5 heteroatoms. The molecule has 0 amide bonds. The van der Waals surface area contributed by atoms with E-state index in [0.29, 0.717) is 12.2 Å². The van der Waals surface area contributed by atoms with Crippen molar-refractivity contribution in [2.45, 2.75) is 154 Å². The average Bonchev–Trinajstić information content (AvgIpc) is 2.79. The maximum absolute atomic E-state index is 11.6. The van der Waals surface area contributed by atoms with E-state index in [-0.39, 0.29) is 10.8 Å². The second-order valence-corrected chi connectivity index (χ2v) is 12.0. The maximum atomic E-state index is 11.6. The van der Waals surface area contributed by atoms with Gasteiger partial charge < -0.3 is 4.74 Å². The number of aryl methyl sites for hydroxylation is 1. The molecule has 0 heterocycles. The largest absolute Gasteiger partial charge is 0.493 e. The molecular formula is C30H54O4S. The van der Waals surface area contributed by atoms with Gasteiger partial charge in [0.2, 0.25) is 0 Å². The van der Waals surface area contributed by atoms with Crippen molar-refractivity contribution in [2.75, 3.05) is 6.61 Å². The Labute approximate surface area is 217 Å². The minimum absolute atomic E-state index is 0.0262. The van der Waals surface area contributed by atoms with Crippen molar-refractivity contribution in [1.82, 2.24) is 0 Å². The number of ether oxygens (including phenoxy) is 1. The maximum Gasteiger partial charge on any atom is 0.294 e. The van der Waals surface area contributed by atoms with E-state index in [1.807, 2.05) is 13.8 Å². The Morgan fingerprint density at radius 1 is 0.714 bits per heavy atom. The first-order valence-corrected chi connectivity index (χ1v) is 16.0. The van der Waals surface area contributed by atoms with Crippen LogP contribution < -0.4 is 4.74 Å². The van der Waals surface area contributed by atoms with Crippen LogP contribution in [0.15, 0.2) is 17.0 Å². The lowest BCUT2D eigenvalue weighted by Gasteiger charge is -2.17. The molecule has 0 fully saturated rings. The van der Waals surface area contributed by atoms with Gasteiger partial charge in [0.15, 0.2) is 0 Å². The van der Waals surface area contributed by atoms with E-state index in [1.54, 1.807) is 19.1 Å². The molecule has 0 aliphatic carbocycles. The Bertz CT molecular complexity index is 771. The van der Waals surface area contributed by atoms with Gasteiger partial charge in [-0.1, -0.05) is 130 Å². The molecule has 0 atom stereocenters. The van der Waals surface area contributed by atoms with Gasteiger partial charge in [-0.25, -0.2) is 0 Å². The highest BCUT2D eigenvalue weighted by atomic mass is 32.2. The van der Waals surface area contributed by atoms with Crippen LogP contribution in [0.5, 0.6) is 5.75 Å². The van der Waals surface area contributed by atoms with Crippen LogP contribution in [-0.2, 0) is 10.1 Å². The fraction of sp³-hybridized carbons (Fsp3) is 0.800. The third-order valence-corrected chi connectivity index (χ3v) is 7.96. The third kappa shape index (κ3) is 14.9. The summed E-state index contributed by atoms with van der Waals surface area (Å²) in [6, 6.07) is 3.30. The topological polar surface area (TPSA) is 63.6 Å². The van der Waals surface area contributed by atoms with Gasteiger partial charge in [-0.05, 0) is 42.5 Å². The van der Waals surface area contributed by atoms with Crippen LogP contribution in [-0.4, -0.2) is 19.6 Å². The molecule has 4 nitrogen and oxygen atoms in total. The highest BCUT2D eigenvalue weighted by Crippen LogP contribution is 2.32. The summed E-state index contributed by atoms with van der Waals surface area (Å²) in [6.07, 6.45) is 24.4. The van der Waals surface area contributed by atoms with Gasteiger partial charge in [0, 0.05) is 0 Å². The normalized spacial score (nSPS) is 11.9. The summed E-state index contributed by atoms with van der Waals surface area (Å²) < 4.78 is 38.6. The second-order valence-electron chi connectivity index (χ2n) is 10.6. The smallest absolute Gasteiger partial charge is 0.294 e. The van der Waals surface area contributed by atoms with Crippen molar-refractivity contribution in [2.24, 2.45) is 0 Å². The Morgan fingerprint density at radius 3 is 1.49 bits per heavy atom. The zero-order chi connectivity index (χ0) is 25.9. The summed E-state index contributed by atoms with van der Waals surface area (Å²) in [6.45, 7) is 8.62. The molecule has 204 valence electrons. The quantitative estimate of drug-likeness (QED) is 0.124. The zero-order valence-corrected chi connectivity index (χ0v) is 24.1. The first kappa shape index (κ1) is 32.0. The lowest BCUT2D eigenvalue weighted by atomic mass is 10.0. The summed E-state index contributed by atoms with van der Waals surface area (Å²) in [5.74, 6) is 0.850. The van der Waals surface area contributed by atoms with Crippen molar-refractivity contribution in [3.8, 4) is 5.75 Å². The molecule has 1 aromatic carbocycles. The minimum Gasteiger partial charge on any atom is -0.493 e. The van der Waals surface area contributed by atoms with Crippen molar-refractivity contribution < 1.29 is 17.7 Å². The number of hydrogen-bond acceptors (Lipinski definition) is 3. The monoisotopic (exact) mass is 510 g/mol. The summed E-state index contributed by atoms with van der Waals surface area (Å²) >= 11 is 0. The van der Waals surface area contributed by atoms with E-state index in [1.165, 1.54) is 103 Å². The summed E-state index contributed by atoms with van der Waals surface area (Å²) in [4.78, 5) is -0.0262. The van der Waals surface area contributed by atoms with Crippen LogP contribution in [0.25, 0.3) is 0 Å². The third-order valence-electron chi connectivity index (χ3n) is 6.96. The molecule has 0 saturated carbocycles. The summed E-state index contributed by atoms with van der Waals surface area (Å²) in [5.41, 5.74) is 1.34. The highest BCUT2D eigenvalue weighted by Gasteiger charge is 2.19. The van der Waals surface area contributed by atoms with E-state index in [4.69, 9.17) is 4.74 Å². The molecule has 0 aliphatic heterocycles. The second kappa shape index (κ2) is 19.1. The molecule has 1 N–H and O–H groups in total. The van der Waals surface area contributed by atoms with Gasteiger partial charge in [0.05, 0.1) is 11.5 Å². The molecular weight excluding hydrogens is 456 g/mol. The molecule has 0 unspecified atom stereocenters. The van der Waals surface area contributed by atoms with Gasteiger partial charge in [0.25, 0.3) is 10.1 Å². The van der Waals surface area contributed by atoms with Gasteiger partial charge >= 0.3 is 0 Å². The molecule has 1 rings (SSSR count). The number of unbranched alkanes of at least 4 members (excludes halogenated alkanes) is 17. The molecule has 0 aromatic heterocycles. The fourth-order valence-corrected chi connectivity index (χ4v) is 5.46. The fourth-order valence-electron chi connectivity index (χ4n) is 4.72. The predicted molar refractivity (Wildman–Crippen MR) is 149 cm³/mol. The standard InChI is InChI=1S/C30H54O4S/c1-5-6-7-8-9-10-11-12-13-14-15-16-17-18-19-20-21-22-23-34-29-24-27(4)30(35(31,32)33)25-28(29)26(2)3/h24-26H,5-23H2,1-4H3,(H,31,32,33). The Balaban J connectivity index is 2.03.